The van der Waals surface area contributed by atoms with Gasteiger partial charge in [-0.05, 0) is 32.1 Å². The maximum absolute atomic E-state index is 12.1. The number of aliphatic hydroxyl groups excluding tert-OH is 1. The Morgan fingerprint density at radius 2 is 2.35 bits per heavy atom. The Kier molecular flexibility index (Phi) is 5.40. The fraction of sp³-hybridized carbons (Fsp3) is 0.923. The molecular weight excluding hydrogens is 216 g/mol. The van der Waals surface area contributed by atoms with Crippen molar-refractivity contribution in [2.75, 3.05) is 13.2 Å². The van der Waals surface area contributed by atoms with Gasteiger partial charge in [0.05, 0.1) is 5.41 Å². The van der Waals surface area contributed by atoms with Crippen LogP contribution in [0.2, 0.25) is 0 Å². The highest BCUT2D eigenvalue weighted by atomic mass is 16.3. The molecule has 100 valence electrons. The van der Waals surface area contributed by atoms with E-state index in [4.69, 9.17) is 10.8 Å². The van der Waals surface area contributed by atoms with Crippen molar-refractivity contribution in [1.82, 2.24) is 5.32 Å². The Labute approximate surface area is 104 Å². The van der Waals surface area contributed by atoms with E-state index in [1.807, 2.05) is 6.92 Å². The fourth-order valence-corrected chi connectivity index (χ4v) is 2.55. The molecule has 0 aromatic heterocycles. The highest BCUT2D eigenvalue weighted by Gasteiger charge is 2.42. The number of carbonyl (C=O) groups is 1. The summed E-state index contributed by atoms with van der Waals surface area (Å²) in [6.07, 6.45) is 4.59. The average molecular weight is 242 g/mol. The van der Waals surface area contributed by atoms with E-state index in [1.165, 1.54) is 0 Å². The van der Waals surface area contributed by atoms with Crippen molar-refractivity contribution < 1.29 is 9.90 Å². The standard InChI is InChI=1S/C13H26N2O2/c1-3-10(6-8-16)9-15-12(17)13(2)7-4-5-11(13)14/h10-11,16H,3-9,14H2,1-2H3,(H,15,17). The molecule has 0 aromatic carbocycles. The summed E-state index contributed by atoms with van der Waals surface area (Å²) in [5.41, 5.74) is 5.62. The summed E-state index contributed by atoms with van der Waals surface area (Å²) >= 11 is 0. The van der Waals surface area contributed by atoms with Crippen LogP contribution < -0.4 is 11.1 Å². The lowest BCUT2D eigenvalue weighted by Gasteiger charge is -2.28. The van der Waals surface area contributed by atoms with Crippen LogP contribution in [0.25, 0.3) is 0 Å². The number of hydrogen-bond donors (Lipinski definition) is 3. The van der Waals surface area contributed by atoms with Crippen LogP contribution >= 0.6 is 0 Å². The molecule has 1 rings (SSSR count). The SMILES string of the molecule is CCC(CCO)CNC(=O)C1(C)CCCC1N. The van der Waals surface area contributed by atoms with Crippen LogP contribution in [0.5, 0.6) is 0 Å². The minimum absolute atomic E-state index is 0.0135. The van der Waals surface area contributed by atoms with Gasteiger partial charge in [-0.3, -0.25) is 4.79 Å². The Balaban J connectivity index is 2.43. The minimum atomic E-state index is -0.391. The zero-order chi connectivity index (χ0) is 12.9. The van der Waals surface area contributed by atoms with Gasteiger partial charge in [0.15, 0.2) is 0 Å². The van der Waals surface area contributed by atoms with E-state index in [9.17, 15) is 4.79 Å². The van der Waals surface area contributed by atoms with E-state index < -0.39 is 5.41 Å². The minimum Gasteiger partial charge on any atom is -0.396 e. The van der Waals surface area contributed by atoms with E-state index in [-0.39, 0.29) is 18.6 Å². The van der Waals surface area contributed by atoms with Gasteiger partial charge in [-0.15, -0.1) is 0 Å². The number of nitrogens with one attached hydrogen (secondary N) is 1. The van der Waals surface area contributed by atoms with Crippen LogP contribution in [0.4, 0.5) is 0 Å². The van der Waals surface area contributed by atoms with Gasteiger partial charge in [0, 0.05) is 19.2 Å². The van der Waals surface area contributed by atoms with Crippen LogP contribution in [0, 0.1) is 11.3 Å². The van der Waals surface area contributed by atoms with Crippen molar-refractivity contribution >= 4 is 5.91 Å². The summed E-state index contributed by atoms with van der Waals surface area (Å²) in [5, 5.41) is 11.9. The molecule has 3 unspecified atom stereocenters. The van der Waals surface area contributed by atoms with E-state index in [0.29, 0.717) is 12.5 Å². The predicted molar refractivity (Wildman–Crippen MR) is 68.4 cm³/mol. The molecule has 1 saturated carbocycles. The van der Waals surface area contributed by atoms with Gasteiger partial charge in [0.2, 0.25) is 5.91 Å². The fourth-order valence-electron chi connectivity index (χ4n) is 2.55. The first-order valence-electron chi connectivity index (χ1n) is 6.69. The normalized spacial score (nSPS) is 30.2. The smallest absolute Gasteiger partial charge is 0.227 e. The zero-order valence-electron chi connectivity index (χ0n) is 11.0. The zero-order valence-corrected chi connectivity index (χ0v) is 11.0. The first kappa shape index (κ1) is 14.5. The monoisotopic (exact) mass is 242 g/mol. The van der Waals surface area contributed by atoms with E-state index in [0.717, 1.165) is 32.1 Å². The van der Waals surface area contributed by atoms with Gasteiger partial charge in [-0.25, -0.2) is 0 Å². The Morgan fingerprint density at radius 1 is 1.65 bits per heavy atom. The molecule has 1 fully saturated rings. The second-order valence-electron chi connectivity index (χ2n) is 5.41. The molecule has 1 aliphatic carbocycles. The maximum atomic E-state index is 12.1. The average Bonchev–Trinajstić information content (AvgIpc) is 2.66. The van der Waals surface area contributed by atoms with Crippen molar-refractivity contribution in [2.45, 2.75) is 52.0 Å². The molecule has 4 heteroatoms. The third-order valence-electron chi connectivity index (χ3n) is 4.21. The van der Waals surface area contributed by atoms with Crippen molar-refractivity contribution in [2.24, 2.45) is 17.1 Å². The lowest BCUT2D eigenvalue weighted by Crippen LogP contribution is -2.48. The lowest BCUT2D eigenvalue weighted by atomic mass is 9.84. The number of hydrogen-bond acceptors (Lipinski definition) is 3. The van der Waals surface area contributed by atoms with Crippen LogP contribution in [0.15, 0.2) is 0 Å². The van der Waals surface area contributed by atoms with E-state index in [2.05, 4.69) is 12.2 Å². The number of amides is 1. The highest BCUT2D eigenvalue weighted by molar-refractivity contribution is 5.83. The van der Waals surface area contributed by atoms with Crippen molar-refractivity contribution in [3.05, 3.63) is 0 Å². The third kappa shape index (κ3) is 3.42. The second kappa shape index (κ2) is 6.36. The van der Waals surface area contributed by atoms with Gasteiger partial charge in [-0.1, -0.05) is 19.8 Å². The van der Waals surface area contributed by atoms with Gasteiger partial charge in [0.25, 0.3) is 0 Å². The van der Waals surface area contributed by atoms with E-state index in [1.54, 1.807) is 0 Å². The molecule has 4 N–H and O–H groups in total. The first-order valence-corrected chi connectivity index (χ1v) is 6.69. The summed E-state index contributed by atoms with van der Waals surface area (Å²) in [5.74, 6) is 0.448. The molecule has 0 aliphatic heterocycles. The number of carbonyl (C=O) groups excluding carboxylic acids is 1. The predicted octanol–water partition coefficient (Wildman–Crippen LogP) is 1.03. The Morgan fingerprint density at radius 3 is 2.82 bits per heavy atom. The third-order valence-corrected chi connectivity index (χ3v) is 4.21. The summed E-state index contributed by atoms with van der Waals surface area (Å²) in [7, 11) is 0. The van der Waals surface area contributed by atoms with Crippen molar-refractivity contribution in [3.63, 3.8) is 0 Å². The Hall–Kier alpha value is -0.610. The van der Waals surface area contributed by atoms with Crippen LogP contribution in [0.1, 0.15) is 46.0 Å². The van der Waals surface area contributed by atoms with Crippen LogP contribution in [-0.4, -0.2) is 30.2 Å². The first-order chi connectivity index (χ1) is 8.04. The summed E-state index contributed by atoms with van der Waals surface area (Å²) in [6, 6.07) is -0.0135. The maximum Gasteiger partial charge on any atom is 0.227 e. The molecular formula is C13H26N2O2. The molecule has 0 aromatic rings. The van der Waals surface area contributed by atoms with Gasteiger partial charge >= 0.3 is 0 Å². The summed E-state index contributed by atoms with van der Waals surface area (Å²) in [6.45, 7) is 4.88. The van der Waals surface area contributed by atoms with Crippen LogP contribution in [-0.2, 0) is 4.79 Å². The second-order valence-corrected chi connectivity index (χ2v) is 5.41. The Bertz CT molecular complexity index is 258. The molecule has 1 aliphatic rings. The molecule has 0 spiro atoms. The van der Waals surface area contributed by atoms with Crippen molar-refractivity contribution in [3.8, 4) is 0 Å². The molecule has 0 saturated heterocycles. The molecule has 17 heavy (non-hydrogen) atoms. The largest absolute Gasteiger partial charge is 0.396 e. The molecule has 0 radical (unpaired) electrons. The molecule has 1 amide bonds. The topological polar surface area (TPSA) is 75.3 Å². The molecule has 0 bridgehead atoms. The number of nitrogens with two attached hydrogens (primary N) is 1. The highest BCUT2D eigenvalue weighted by Crippen LogP contribution is 2.36. The summed E-state index contributed by atoms with van der Waals surface area (Å²) in [4.78, 5) is 12.1. The van der Waals surface area contributed by atoms with Gasteiger partial charge < -0.3 is 16.2 Å². The van der Waals surface area contributed by atoms with Crippen LogP contribution in [0.3, 0.4) is 0 Å². The van der Waals surface area contributed by atoms with Crippen molar-refractivity contribution in [1.29, 1.82) is 0 Å². The van der Waals surface area contributed by atoms with E-state index >= 15 is 0 Å². The van der Waals surface area contributed by atoms with Gasteiger partial charge in [0.1, 0.15) is 0 Å². The molecule has 4 nitrogen and oxygen atoms in total. The lowest BCUT2D eigenvalue weighted by molar-refractivity contribution is -0.130. The number of rotatable bonds is 6. The quantitative estimate of drug-likeness (QED) is 0.651. The summed E-state index contributed by atoms with van der Waals surface area (Å²) < 4.78 is 0. The number of aliphatic hydroxyl groups is 1. The van der Waals surface area contributed by atoms with Gasteiger partial charge in [-0.2, -0.15) is 0 Å². The molecule has 0 heterocycles. The molecule has 3 atom stereocenters.